The first-order valence-corrected chi connectivity index (χ1v) is 9.01. The summed E-state index contributed by atoms with van der Waals surface area (Å²) in [7, 11) is 2.94. The molecule has 0 saturated heterocycles. The van der Waals surface area contributed by atoms with E-state index >= 15 is 0 Å². The number of aromatic nitrogens is 3. The highest BCUT2D eigenvalue weighted by molar-refractivity contribution is 5.99. The van der Waals surface area contributed by atoms with Crippen molar-refractivity contribution < 1.29 is 27.4 Å². The Morgan fingerprint density at radius 1 is 1.21 bits per heavy atom. The Labute approximate surface area is 164 Å². The number of alkyl halides is 3. The van der Waals surface area contributed by atoms with E-state index in [0.29, 0.717) is 41.2 Å². The number of fused-ring (bicyclic) bond motifs is 1. The highest BCUT2D eigenvalue weighted by atomic mass is 19.4. The van der Waals surface area contributed by atoms with Crippen molar-refractivity contribution in [3.05, 3.63) is 40.9 Å². The van der Waals surface area contributed by atoms with Crippen molar-refractivity contribution in [2.75, 3.05) is 19.5 Å². The highest BCUT2D eigenvalue weighted by Gasteiger charge is 2.43. The molecule has 2 atom stereocenters. The fraction of sp³-hybridized carbons (Fsp3) is 0.421. The number of ether oxygens (including phenoxy) is 2. The van der Waals surface area contributed by atoms with Crippen LogP contribution in [0.15, 0.2) is 29.5 Å². The molecule has 1 aliphatic carbocycles. The van der Waals surface area contributed by atoms with Crippen LogP contribution >= 0.6 is 0 Å². The Kier molecular flexibility index (Phi) is 4.51. The van der Waals surface area contributed by atoms with Gasteiger partial charge in [0.05, 0.1) is 14.2 Å². The zero-order chi connectivity index (χ0) is 20.9. The lowest BCUT2D eigenvalue weighted by Gasteiger charge is -2.34. The Morgan fingerprint density at radius 2 is 1.97 bits per heavy atom. The van der Waals surface area contributed by atoms with E-state index in [2.05, 4.69) is 15.4 Å². The number of allylic oxidation sites excluding steroid dienone is 2. The van der Waals surface area contributed by atoms with Crippen molar-refractivity contribution >= 4 is 11.7 Å². The minimum atomic E-state index is -4.71. The van der Waals surface area contributed by atoms with Gasteiger partial charge in [-0.25, -0.2) is 4.68 Å². The molecule has 0 amide bonds. The molecular weight excluding hydrogens is 389 g/mol. The van der Waals surface area contributed by atoms with Gasteiger partial charge < -0.3 is 14.8 Å². The molecule has 4 rings (SSSR count). The molecule has 154 valence electrons. The molecule has 0 fully saturated rings. The molecule has 0 bridgehead atoms. The summed E-state index contributed by atoms with van der Waals surface area (Å²) in [5.41, 5.74) is 1.47. The molecule has 29 heavy (non-hydrogen) atoms. The maximum absolute atomic E-state index is 13.3. The van der Waals surface area contributed by atoms with Crippen molar-refractivity contribution in [1.29, 1.82) is 0 Å². The number of carbonyl (C=O) groups is 1. The Hall–Kier alpha value is -3.04. The first kappa shape index (κ1) is 19.3. The van der Waals surface area contributed by atoms with Gasteiger partial charge in [-0.1, -0.05) is 6.92 Å². The summed E-state index contributed by atoms with van der Waals surface area (Å²) in [5, 5.41) is 6.58. The minimum absolute atomic E-state index is 0.0548. The predicted molar refractivity (Wildman–Crippen MR) is 96.8 cm³/mol. The van der Waals surface area contributed by atoms with E-state index in [9.17, 15) is 18.0 Å². The number of methoxy groups -OCH3 is 2. The number of benzene rings is 1. The quantitative estimate of drug-likeness (QED) is 0.837. The molecule has 0 spiro atoms. The van der Waals surface area contributed by atoms with Crippen LogP contribution in [0.5, 0.6) is 11.5 Å². The van der Waals surface area contributed by atoms with Gasteiger partial charge in [0.25, 0.3) is 5.82 Å². The average molecular weight is 408 g/mol. The van der Waals surface area contributed by atoms with Crippen LogP contribution < -0.4 is 14.8 Å². The molecule has 0 saturated carbocycles. The summed E-state index contributed by atoms with van der Waals surface area (Å²) < 4.78 is 51.6. The third-order valence-electron chi connectivity index (χ3n) is 5.11. The molecule has 1 aromatic carbocycles. The molecular formula is C19H19F3N4O3. The molecule has 2 aliphatic rings. The largest absolute Gasteiger partial charge is 0.497 e. The second kappa shape index (κ2) is 6.78. The fourth-order valence-corrected chi connectivity index (χ4v) is 3.86. The normalized spacial score (nSPS) is 21.4. The van der Waals surface area contributed by atoms with Gasteiger partial charge in [-0.05, 0) is 24.5 Å². The second-order valence-corrected chi connectivity index (χ2v) is 7.17. The maximum atomic E-state index is 13.3. The predicted octanol–water partition coefficient (Wildman–Crippen LogP) is 3.58. The number of nitrogens with one attached hydrogen (secondary N) is 1. The van der Waals surface area contributed by atoms with Gasteiger partial charge in [-0.3, -0.25) is 4.79 Å². The Bertz CT molecular complexity index is 1010. The van der Waals surface area contributed by atoms with Crippen LogP contribution in [0, 0.1) is 5.92 Å². The second-order valence-electron chi connectivity index (χ2n) is 7.17. The zero-order valence-electron chi connectivity index (χ0n) is 16.0. The van der Waals surface area contributed by atoms with Gasteiger partial charge in [0.1, 0.15) is 17.5 Å². The van der Waals surface area contributed by atoms with Gasteiger partial charge in [0.2, 0.25) is 5.95 Å². The number of anilines is 1. The van der Waals surface area contributed by atoms with E-state index < -0.39 is 18.0 Å². The number of Topliss-reactive ketones (excluding diaryl/α,β-unsaturated/α-hetero) is 1. The van der Waals surface area contributed by atoms with E-state index in [1.165, 1.54) is 14.2 Å². The summed E-state index contributed by atoms with van der Waals surface area (Å²) in [6.45, 7) is 1.92. The summed E-state index contributed by atoms with van der Waals surface area (Å²) in [6, 6.07) is 4.07. The number of ketones is 1. The monoisotopic (exact) mass is 408 g/mol. The summed E-state index contributed by atoms with van der Waals surface area (Å²) in [6.07, 6.45) is -3.87. The first-order valence-electron chi connectivity index (χ1n) is 9.01. The maximum Gasteiger partial charge on any atom is 0.453 e. The number of hydrogen-bond acceptors (Lipinski definition) is 6. The van der Waals surface area contributed by atoms with Gasteiger partial charge in [-0.2, -0.15) is 18.2 Å². The standard InChI is InChI=1S/C19H19F3N4O3/c1-9-6-12-15(13(27)7-9)16(11-5-4-10(28-2)8-14(11)29-3)26-18(23-12)24-17(25-26)19(20,21)22/h4-5,8-9,16H,6-7H2,1-3H3,(H,23,24,25)/t9-,16+/m1/s1. The lowest BCUT2D eigenvalue weighted by Crippen LogP contribution is -2.33. The number of hydrogen-bond donors (Lipinski definition) is 1. The lowest BCUT2D eigenvalue weighted by atomic mass is 9.81. The minimum Gasteiger partial charge on any atom is -0.497 e. The SMILES string of the molecule is COc1ccc([C@H]2C3=C(C[C@@H](C)CC3=O)Nc3nc(C(F)(F)F)nn32)c(OC)c1. The number of carbonyl (C=O) groups excluding carboxylic acids is 1. The summed E-state index contributed by atoms with van der Waals surface area (Å²) >= 11 is 0. The van der Waals surface area contributed by atoms with E-state index in [-0.39, 0.29) is 17.6 Å². The fourth-order valence-electron chi connectivity index (χ4n) is 3.86. The summed E-state index contributed by atoms with van der Waals surface area (Å²) in [5.74, 6) is -0.483. The van der Waals surface area contributed by atoms with E-state index in [4.69, 9.17) is 9.47 Å². The number of nitrogens with zero attached hydrogens (tertiary/aromatic N) is 3. The van der Waals surface area contributed by atoms with Gasteiger partial charge in [0, 0.05) is 29.3 Å². The number of rotatable bonds is 3. The molecule has 1 N–H and O–H groups in total. The third kappa shape index (κ3) is 3.22. The third-order valence-corrected chi connectivity index (χ3v) is 5.11. The van der Waals surface area contributed by atoms with Gasteiger partial charge in [-0.15, -0.1) is 5.10 Å². The average Bonchev–Trinajstić information content (AvgIpc) is 3.09. The Morgan fingerprint density at radius 3 is 2.62 bits per heavy atom. The van der Waals surface area contributed by atoms with Crippen molar-refractivity contribution in [1.82, 2.24) is 14.8 Å². The smallest absolute Gasteiger partial charge is 0.453 e. The van der Waals surface area contributed by atoms with Crippen LogP contribution in [0.3, 0.4) is 0 Å². The van der Waals surface area contributed by atoms with Crippen LogP contribution in [-0.4, -0.2) is 34.8 Å². The van der Waals surface area contributed by atoms with Crippen LogP contribution in [-0.2, 0) is 11.0 Å². The van der Waals surface area contributed by atoms with Crippen LogP contribution in [0.4, 0.5) is 19.1 Å². The molecule has 0 radical (unpaired) electrons. The van der Waals surface area contributed by atoms with Crippen molar-refractivity contribution in [3.63, 3.8) is 0 Å². The van der Waals surface area contributed by atoms with E-state index in [1.807, 2.05) is 6.92 Å². The molecule has 1 aliphatic heterocycles. The first-order chi connectivity index (χ1) is 13.7. The molecule has 0 unspecified atom stereocenters. The number of halogens is 3. The highest BCUT2D eigenvalue weighted by Crippen LogP contribution is 2.45. The van der Waals surface area contributed by atoms with Gasteiger partial charge >= 0.3 is 6.18 Å². The topological polar surface area (TPSA) is 78.3 Å². The van der Waals surface area contributed by atoms with Crippen molar-refractivity contribution in [2.45, 2.75) is 32.0 Å². The summed E-state index contributed by atoms with van der Waals surface area (Å²) in [4.78, 5) is 16.5. The van der Waals surface area contributed by atoms with Crippen LogP contribution in [0.1, 0.15) is 37.2 Å². The van der Waals surface area contributed by atoms with Crippen molar-refractivity contribution in [2.24, 2.45) is 5.92 Å². The van der Waals surface area contributed by atoms with Crippen molar-refractivity contribution in [3.8, 4) is 11.5 Å². The molecule has 1 aromatic heterocycles. The van der Waals surface area contributed by atoms with E-state index in [1.54, 1.807) is 18.2 Å². The Balaban J connectivity index is 1.94. The van der Waals surface area contributed by atoms with E-state index in [0.717, 1.165) is 4.68 Å². The molecule has 2 heterocycles. The lowest BCUT2D eigenvalue weighted by molar-refractivity contribution is -0.145. The van der Waals surface area contributed by atoms with Crippen LogP contribution in [0.2, 0.25) is 0 Å². The molecule has 2 aromatic rings. The van der Waals surface area contributed by atoms with Crippen LogP contribution in [0.25, 0.3) is 0 Å². The molecule has 10 heteroatoms. The zero-order valence-corrected chi connectivity index (χ0v) is 16.0. The van der Waals surface area contributed by atoms with Gasteiger partial charge in [0.15, 0.2) is 5.78 Å². The molecule has 7 nitrogen and oxygen atoms in total.